The monoisotopic (exact) mass is 455 g/mol. The van der Waals surface area contributed by atoms with E-state index in [1.807, 2.05) is 13.0 Å². The minimum atomic E-state index is -4.45. The van der Waals surface area contributed by atoms with Gasteiger partial charge in [0.05, 0.1) is 10.5 Å². The number of nitrogens with one attached hydrogen (secondary N) is 1. The zero-order chi connectivity index (χ0) is 22.8. The van der Waals surface area contributed by atoms with Crippen LogP contribution >= 0.6 is 0 Å². The van der Waals surface area contributed by atoms with Crippen LogP contribution in [0.15, 0.2) is 47.4 Å². The predicted molar refractivity (Wildman–Crippen MR) is 110 cm³/mol. The molecule has 10 heteroatoms. The number of nitrogens with zero attached hydrogens (tertiary/aromatic N) is 2. The van der Waals surface area contributed by atoms with Gasteiger partial charge < -0.3 is 10.2 Å². The van der Waals surface area contributed by atoms with E-state index in [-0.39, 0.29) is 37.6 Å². The van der Waals surface area contributed by atoms with E-state index < -0.39 is 27.8 Å². The first-order chi connectivity index (χ1) is 14.5. The Balaban J connectivity index is 1.57. The Morgan fingerprint density at radius 3 is 2.32 bits per heavy atom. The third-order valence-electron chi connectivity index (χ3n) is 5.17. The second-order valence-electron chi connectivity index (χ2n) is 7.52. The minimum Gasteiger partial charge on any atom is -0.334 e. The highest BCUT2D eigenvalue weighted by Crippen LogP contribution is 2.29. The van der Waals surface area contributed by atoms with Crippen molar-refractivity contribution in [2.75, 3.05) is 26.2 Å². The van der Waals surface area contributed by atoms with Gasteiger partial charge in [-0.3, -0.25) is 0 Å². The summed E-state index contributed by atoms with van der Waals surface area (Å²) < 4.78 is 65.6. The molecule has 0 bridgehead atoms. The molecular formula is C21H24F3N3O3S. The van der Waals surface area contributed by atoms with Crippen LogP contribution in [0.4, 0.5) is 18.0 Å². The van der Waals surface area contributed by atoms with E-state index in [1.54, 1.807) is 19.1 Å². The van der Waals surface area contributed by atoms with E-state index in [0.717, 1.165) is 17.7 Å². The molecule has 1 N–H and O–H groups in total. The van der Waals surface area contributed by atoms with Gasteiger partial charge in [0.25, 0.3) is 0 Å². The molecule has 1 heterocycles. The number of carbonyl (C=O) groups excluding carboxylic acids is 1. The average molecular weight is 456 g/mol. The molecule has 0 unspecified atom stereocenters. The van der Waals surface area contributed by atoms with Gasteiger partial charge in [0.1, 0.15) is 0 Å². The van der Waals surface area contributed by atoms with E-state index in [1.165, 1.54) is 21.3 Å². The zero-order valence-electron chi connectivity index (χ0n) is 17.2. The summed E-state index contributed by atoms with van der Waals surface area (Å²) in [5.41, 5.74) is 1.20. The van der Waals surface area contributed by atoms with Crippen LogP contribution in [0.1, 0.15) is 22.3 Å². The van der Waals surface area contributed by atoms with Crippen LogP contribution in [-0.4, -0.2) is 49.8 Å². The first kappa shape index (κ1) is 23.1. The number of rotatable bonds is 4. The Hall–Kier alpha value is -2.59. The summed E-state index contributed by atoms with van der Waals surface area (Å²) >= 11 is 0. The van der Waals surface area contributed by atoms with Crippen LogP contribution in [0.3, 0.4) is 0 Å². The van der Waals surface area contributed by atoms with Crippen molar-refractivity contribution in [3.8, 4) is 0 Å². The quantitative estimate of drug-likeness (QED) is 0.767. The first-order valence-corrected chi connectivity index (χ1v) is 11.2. The molecule has 0 spiro atoms. The lowest BCUT2D eigenvalue weighted by molar-refractivity contribution is -0.137. The molecule has 2 aromatic rings. The van der Waals surface area contributed by atoms with E-state index in [0.29, 0.717) is 11.1 Å². The van der Waals surface area contributed by atoms with Crippen LogP contribution in [0.5, 0.6) is 0 Å². The summed E-state index contributed by atoms with van der Waals surface area (Å²) in [6, 6.07) is 9.47. The van der Waals surface area contributed by atoms with Gasteiger partial charge in [0.15, 0.2) is 0 Å². The summed E-state index contributed by atoms with van der Waals surface area (Å²) in [5, 5.41) is 2.60. The molecule has 1 aliphatic heterocycles. The molecule has 2 aromatic carbocycles. The van der Waals surface area contributed by atoms with Gasteiger partial charge in [0.2, 0.25) is 10.0 Å². The van der Waals surface area contributed by atoms with Crippen LogP contribution in [0.2, 0.25) is 0 Å². The van der Waals surface area contributed by atoms with Crippen molar-refractivity contribution in [2.24, 2.45) is 0 Å². The topological polar surface area (TPSA) is 69.7 Å². The Morgan fingerprint density at radius 2 is 1.71 bits per heavy atom. The molecule has 0 aliphatic carbocycles. The second kappa shape index (κ2) is 8.88. The molecule has 2 amide bonds. The fraction of sp³-hybridized carbons (Fsp3) is 0.381. The van der Waals surface area contributed by atoms with Gasteiger partial charge in [-0.15, -0.1) is 0 Å². The van der Waals surface area contributed by atoms with Crippen molar-refractivity contribution in [3.05, 3.63) is 64.7 Å². The van der Waals surface area contributed by atoms with Gasteiger partial charge in [-0.05, 0) is 43.2 Å². The number of alkyl halides is 3. The van der Waals surface area contributed by atoms with Crippen molar-refractivity contribution < 1.29 is 26.4 Å². The second-order valence-corrected chi connectivity index (χ2v) is 9.42. The summed E-state index contributed by atoms with van der Waals surface area (Å²) in [6.45, 7) is 4.26. The first-order valence-electron chi connectivity index (χ1n) is 9.75. The van der Waals surface area contributed by atoms with E-state index in [9.17, 15) is 26.4 Å². The molecular weight excluding hydrogens is 431 g/mol. The fourth-order valence-electron chi connectivity index (χ4n) is 3.51. The maximum Gasteiger partial charge on any atom is 0.416 e. The van der Waals surface area contributed by atoms with E-state index >= 15 is 0 Å². The van der Waals surface area contributed by atoms with Gasteiger partial charge >= 0.3 is 12.2 Å². The van der Waals surface area contributed by atoms with Gasteiger partial charge in [-0.2, -0.15) is 17.5 Å². The third-order valence-corrected chi connectivity index (χ3v) is 7.23. The molecule has 1 aliphatic rings. The number of sulfonamides is 1. The van der Waals surface area contributed by atoms with Crippen LogP contribution in [0.25, 0.3) is 0 Å². The SMILES string of the molecule is Cc1ccc(S(=O)(=O)N2CCN(C(=O)NCc3cccc(C(F)(F)F)c3)CC2)c(C)c1. The lowest BCUT2D eigenvalue weighted by atomic mass is 10.1. The van der Waals surface area contributed by atoms with Crippen molar-refractivity contribution in [1.82, 2.24) is 14.5 Å². The third kappa shape index (κ3) is 5.37. The number of urea groups is 1. The van der Waals surface area contributed by atoms with Crippen molar-refractivity contribution in [3.63, 3.8) is 0 Å². The Kier molecular flexibility index (Phi) is 6.61. The summed E-state index contributed by atoms with van der Waals surface area (Å²) in [5.74, 6) is 0. The Labute approximate surface area is 179 Å². The smallest absolute Gasteiger partial charge is 0.334 e. The molecule has 6 nitrogen and oxygen atoms in total. The largest absolute Gasteiger partial charge is 0.416 e. The standard InChI is InChI=1S/C21H24F3N3O3S/c1-15-6-7-19(16(2)12-15)31(29,30)27-10-8-26(9-11-27)20(28)25-14-17-4-3-5-18(13-17)21(22,23)24/h3-7,12-13H,8-11,14H2,1-2H3,(H,25,28). The normalized spacial score (nSPS) is 15.7. The van der Waals surface area contributed by atoms with Crippen molar-refractivity contribution >= 4 is 16.1 Å². The van der Waals surface area contributed by atoms with Gasteiger partial charge in [-0.1, -0.05) is 29.8 Å². The molecule has 31 heavy (non-hydrogen) atoms. The van der Waals surface area contributed by atoms with Crippen molar-refractivity contribution in [2.45, 2.75) is 31.5 Å². The maximum atomic E-state index is 12.9. The van der Waals surface area contributed by atoms with E-state index in [4.69, 9.17) is 0 Å². The Morgan fingerprint density at radius 1 is 1.03 bits per heavy atom. The minimum absolute atomic E-state index is 0.0518. The van der Waals surface area contributed by atoms with Crippen LogP contribution < -0.4 is 5.32 Å². The molecule has 168 valence electrons. The highest BCUT2D eigenvalue weighted by molar-refractivity contribution is 7.89. The number of hydrogen-bond acceptors (Lipinski definition) is 3. The number of aryl methyl sites for hydroxylation is 2. The fourth-order valence-corrected chi connectivity index (χ4v) is 5.13. The number of carbonyl (C=O) groups is 1. The van der Waals surface area contributed by atoms with E-state index in [2.05, 4.69) is 5.32 Å². The van der Waals surface area contributed by atoms with Crippen molar-refractivity contribution in [1.29, 1.82) is 0 Å². The highest BCUT2D eigenvalue weighted by Gasteiger charge is 2.32. The predicted octanol–water partition coefficient (Wildman–Crippen LogP) is 3.54. The summed E-state index contributed by atoms with van der Waals surface area (Å²) in [7, 11) is -3.66. The zero-order valence-corrected chi connectivity index (χ0v) is 18.1. The van der Waals surface area contributed by atoms with Crippen LogP contribution in [-0.2, 0) is 22.7 Å². The molecule has 0 radical (unpaired) electrons. The number of amides is 2. The number of piperazine rings is 1. The van der Waals surface area contributed by atoms with Gasteiger partial charge in [0, 0.05) is 32.7 Å². The lowest BCUT2D eigenvalue weighted by Crippen LogP contribution is -2.53. The molecule has 3 rings (SSSR count). The maximum absolute atomic E-state index is 12.9. The number of halogens is 3. The Bertz CT molecular complexity index is 1060. The molecule has 0 atom stereocenters. The summed E-state index contributed by atoms with van der Waals surface area (Å²) in [6.07, 6.45) is -4.45. The molecule has 1 saturated heterocycles. The summed E-state index contributed by atoms with van der Waals surface area (Å²) in [4.78, 5) is 14.1. The lowest BCUT2D eigenvalue weighted by Gasteiger charge is -2.34. The molecule has 1 fully saturated rings. The van der Waals surface area contributed by atoms with Gasteiger partial charge in [-0.25, -0.2) is 13.2 Å². The highest BCUT2D eigenvalue weighted by atomic mass is 32.2. The average Bonchev–Trinajstić information content (AvgIpc) is 2.71. The molecule has 0 saturated carbocycles. The molecule has 0 aromatic heterocycles. The van der Waals surface area contributed by atoms with Crippen LogP contribution in [0, 0.1) is 13.8 Å². The number of hydrogen-bond donors (Lipinski definition) is 1. The number of benzene rings is 2.